The molecule has 2 rings (SSSR count). The number of nitriles is 4. The lowest BCUT2D eigenvalue weighted by molar-refractivity contribution is 0.155. The Bertz CT molecular complexity index is 578. The number of allylic oxidation sites excluding steroid dienone is 2. The van der Waals surface area contributed by atoms with Gasteiger partial charge >= 0.3 is 0 Å². The van der Waals surface area contributed by atoms with Gasteiger partial charge in [0.25, 0.3) is 0 Å². The summed E-state index contributed by atoms with van der Waals surface area (Å²) < 4.78 is 0. The Hall–Kier alpha value is -2.34. The monoisotopic (exact) mass is 307 g/mol. The zero-order chi connectivity index (χ0) is 16.9. The van der Waals surface area contributed by atoms with Crippen molar-refractivity contribution in [3.8, 4) is 24.3 Å². The highest BCUT2D eigenvalue weighted by atomic mass is 14.9. The third-order valence-corrected chi connectivity index (χ3v) is 5.07. The van der Waals surface area contributed by atoms with Crippen molar-refractivity contribution in [2.45, 2.75) is 45.1 Å². The predicted molar refractivity (Wildman–Crippen MR) is 84.0 cm³/mol. The van der Waals surface area contributed by atoms with E-state index in [1.165, 1.54) is 5.57 Å². The van der Waals surface area contributed by atoms with Gasteiger partial charge in [0.05, 0.1) is 30.3 Å². The third-order valence-electron chi connectivity index (χ3n) is 5.07. The van der Waals surface area contributed by atoms with Crippen LogP contribution in [0.15, 0.2) is 11.6 Å². The Morgan fingerprint density at radius 1 is 1.17 bits per heavy atom. The maximum Gasteiger partial charge on any atom is 0.150 e. The smallest absolute Gasteiger partial charge is 0.150 e. The SMILES string of the molecule is CC1C=C2CCCC(CNC(C(C#N)C#N)C(C#N)C#N)(C2)C1. The van der Waals surface area contributed by atoms with Crippen LogP contribution in [0.1, 0.15) is 39.0 Å². The zero-order valence-corrected chi connectivity index (χ0v) is 13.4. The number of rotatable bonds is 5. The second-order valence-corrected chi connectivity index (χ2v) is 6.92. The molecule has 118 valence electrons. The van der Waals surface area contributed by atoms with Crippen molar-refractivity contribution in [1.29, 1.82) is 21.0 Å². The average Bonchev–Trinajstić information content (AvgIpc) is 2.53. The standard InChI is InChI=1S/C18H21N5/c1-13-5-14-3-2-4-18(6-13,7-14)12-23-17(15(8-19)9-20)16(10-21)11-22/h5,13,15-17,23H,2-4,6-7,12H2,1H3. The molecule has 0 aromatic carbocycles. The van der Waals surface area contributed by atoms with Gasteiger partial charge in [-0.05, 0) is 43.4 Å². The maximum absolute atomic E-state index is 9.15. The van der Waals surface area contributed by atoms with E-state index in [1.807, 2.05) is 24.3 Å². The van der Waals surface area contributed by atoms with Crippen LogP contribution in [0, 0.1) is 68.5 Å². The number of nitrogens with zero attached hydrogens (tertiary/aromatic N) is 4. The Morgan fingerprint density at radius 3 is 2.35 bits per heavy atom. The summed E-state index contributed by atoms with van der Waals surface area (Å²) in [5.41, 5.74) is 1.63. The van der Waals surface area contributed by atoms with Gasteiger partial charge in [0.1, 0.15) is 0 Å². The zero-order valence-electron chi connectivity index (χ0n) is 13.4. The number of hydrogen-bond acceptors (Lipinski definition) is 5. The first-order valence-electron chi connectivity index (χ1n) is 8.09. The van der Waals surface area contributed by atoms with Crippen LogP contribution in [-0.2, 0) is 0 Å². The topological polar surface area (TPSA) is 107 Å². The van der Waals surface area contributed by atoms with Gasteiger partial charge in [0.2, 0.25) is 0 Å². The summed E-state index contributed by atoms with van der Waals surface area (Å²) in [5.74, 6) is -1.45. The van der Waals surface area contributed by atoms with Crippen molar-refractivity contribution in [2.24, 2.45) is 23.2 Å². The molecule has 5 heteroatoms. The summed E-state index contributed by atoms with van der Waals surface area (Å²) in [6.45, 7) is 2.87. The molecule has 1 N–H and O–H groups in total. The summed E-state index contributed by atoms with van der Waals surface area (Å²) in [6, 6.07) is 6.93. The van der Waals surface area contributed by atoms with E-state index in [0.29, 0.717) is 12.5 Å². The van der Waals surface area contributed by atoms with E-state index in [9.17, 15) is 0 Å². The fraction of sp³-hybridized carbons (Fsp3) is 0.667. The van der Waals surface area contributed by atoms with Crippen LogP contribution in [0.5, 0.6) is 0 Å². The van der Waals surface area contributed by atoms with Crippen LogP contribution in [0.25, 0.3) is 0 Å². The second kappa shape index (κ2) is 7.28. The normalized spacial score (nSPS) is 26.1. The molecule has 2 aliphatic carbocycles. The van der Waals surface area contributed by atoms with E-state index in [2.05, 4.69) is 18.3 Å². The van der Waals surface area contributed by atoms with E-state index in [0.717, 1.165) is 32.1 Å². The Labute approximate surface area is 137 Å². The van der Waals surface area contributed by atoms with Gasteiger partial charge in [-0.25, -0.2) is 0 Å². The summed E-state index contributed by atoms with van der Waals surface area (Å²) in [4.78, 5) is 0. The summed E-state index contributed by atoms with van der Waals surface area (Å²) >= 11 is 0. The lowest BCUT2D eigenvalue weighted by atomic mass is 9.63. The highest BCUT2D eigenvalue weighted by Crippen LogP contribution is 2.47. The van der Waals surface area contributed by atoms with E-state index < -0.39 is 17.9 Å². The van der Waals surface area contributed by atoms with Gasteiger partial charge in [-0.2, -0.15) is 21.0 Å². The predicted octanol–water partition coefficient (Wildman–Crippen LogP) is 2.80. The maximum atomic E-state index is 9.15. The molecular weight excluding hydrogens is 286 g/mol. The van der Waals surface area contributed by atoms with E-state index in [1.54, 1.807) is 0 Å². The van der Waals surface area contributed by atoms with Crippen LogP contribution >= 0.6 is 0 Å². The highest BCUT2D eigenvalue weighted by Gasteiger charge is 2.40. The first-order valence-corrected chi connectivity index (χ1v) is 8.09. The van der Waals surface area contributed by atoms with Crippen LogP contribution in [0.2, 0.25) is 0 Å². The number of nitrogens with one attached hydrogen (secondary N) is 1. The summed E-state index contributed by atoms with van der Waals surface area (Å²) in [6.07, 6.45) is 7.92. The van der Waals surface area contributed by atoms with E-state index in [-0.39, 0.29) is 5.41 Å². The molecule has 0 aliphatic heterocycles. The molecule has 0 saturated heterocycles. The van der Waals surface area contributed by atoms with Crippen LogP contribution in [-0.4, -0.2) is 12.6 Å². The molecule has 0 spiro atoms. The molecule has 1 saturated carbocycles. The van der Waals surface area contributed by atoms with Gasteiger partial charge in [-0.3, -0.25) is 0 Å². The number of fused-ring (bicyclic) bond motifs is 2. The molecule has 0 heterocycles. The van der Waals surface area contributed by atoms with Gasteiger partial charge in [0, 0.05) is 6.54 Å². The quantitative estimate of drug-likeness (QED) is 0.786. The minimum absolute atomic E-state index is 0.130. The van der Waals surface area contributed by atoms with Crippen molar-refractivity contribution in [3.63, 3.8) is 0 Å². The first kappa shape index (κ1) is 17.0. The van der Waals surface area contributed by atoms with Crippen molar-refractivity contribution >= 4 is 0 Å². The minimum Gasteiger partial charge on any atom is -0.309 e. The highest BCUT2D eigenvalue weighted by molar-refractivity contribution is 5.19. The molecule has 0 amide bonds. The molecule has 23 heavy (non-hydrogen) atoms. The van der Waals surface area contributed by atoms with Gasteiger partial charge in [-0.1, -0.05) is 18.6 Å². The number of hydrogen-bond donors (Lipinski definition) is 1. The molecule has 2 atom stereocenters. The third kappa shape index (κ3) is 3.71. The van der Waals surface area contributed by atoms with Crippen LogP contribution < -0.4 is 5.32 Å². The largest absolute Gasteiger partial charge is 0.309 e. The lowest BCUT2D eigenvalue weighted by Crippen LogP contribution is -2.48. The van der Waals surface area contributed by atoms with Crippen LogP contribution in [0.3, 0.4) is 0 Å². The van der Waals surface area contributed by atoms with Crippen molar-refractivity contribution in [2.75, 3.05) is 6.54 Å². The first-order chi connectivity index (χ1) is 11.1. The fourth-order valence-electron chi connectivity index (χ4n) is 4.17. The van der Waals surface area contributed by atoms with Gasteiger partial charge in [-0.15, -0.1) is 0 Å². The molecule has 0 aromatic rings. The molecule has 1 fully saturated rings. The lowest BCUT2D eigenvalue weighted by Gasteiger charge is -2.44. The van der Waals surface area contributed by atoms with E-state index in [4.69, 9.17) is 21.0 Å². The molecule has 5 nitrogen and oxygen atoms in total. The Balaban J connectivity index is 2.14. The Kier molecular flexibility index (Phi) is 5.39. The van der Waals surface area contributed by atoms with Gasteiger partial charge < -0.3 is 5.32 Å². The summed E-state index contributed by atoms with van der Waals surface area (Å²) in [7, 11) is 0. The Morgan fingerprint density at radius 2 is 1.78 bits per heavy atom. The molecule has 0 radical (unpaired) electrons. The average molecular weight is 307 g/mol. The molecule has 2 bridgehead atoms. The molecular formula is C18H21N5. The molecule has 0 aromatic heterocycles. The van der Waals surface area contributed by atoms with Crippen LogP contribution in [0.4, 0.5) is 0 Å². The molecule has 2 unspecified atom stereocenters. The van der Waals surface area contributed by atoms with Crippen molar-refractivity contribution in [1.82, 2.24) is 5.32 Å². The van der Waals surface area contributed by atoms with E-state index >= 15 is 0 Å². The van der Waals surface area contributed by atoms with Crippen molar-refractivity contribution in [3.05, 3.63) is 11.6 Å². The molecule has 2 aliphatic rings. The summed E-state index contributed by atoms with van der Waals surface area (Å²) in [5, 5.41) is 39.8. The van der Waals surface area contributed by atoms with Crippen molar-refractivity contribution < 1.29 is 0 Å². The van der Waals surface area contributed by atoms with Gasteiger partial charge in [0.15, 0.2) is 11.8 Å². The minimum atomic E-state index is -0.990. The second-order valence-electron chi connectivity index (χ2n) is 6.92. The fourth-order valence-corrected chi connectivity index (χ4v) is 4.17.